The summed E-state index contributed by atoms with van der Waals surface area (Å²) in [6.45, 7) is 3.43. The highest BCUT2D eigenvalue weighted by Gasteiger charge is 2.41. The number of aliphatic carboxylic acids is 2. The third-order valence-electron chi connectivity index (χ3n) is 14.7. The molecule has 0 unspecified atom stereocenters. The third kappa shape index (κ3) is 31.9. The summed E-state index contributed by atoms with van der Waals surface area (Å²) >= 11 is 0. The molecule has 35 nitrogen and oxygen atoms in total. The van der Waals surface area contributed by atoms with Gasteiger partial charge in [0.1, 0.15) is 54.1 Å². The van der Waals surface area contributed by atoms with E-state index in [1.54, 1.807) is 13.8 Å². The highest BCUT2D eigenvalue weighted by atomic mass is 19.4. The van der Waals surface area contributed by atoms with Crippen LogP contribution in [0.5, 0.6) is 5.75 Å². The van der Waals surface area contributed by atoms with Crippen LogP contribution in [0.25, 0.3) is 0 Å². The number of quaternary nitrogens is 1. The Kier molecular flexibility index (Phi) is 36.0. The smallest absolute Gasteiger partial charge is 0.490 e. The standard InChI is InChI=1S/C57H94N18O15.C2HF3O2/c1-32(2)46(72-45(80)29-64-44(79)28-65-53(86)47(33(3)77)73-48(81)37(59)30-76)54(87)68-38(13-8-10-24-75(4,5)6)49(82)69-40(14-7-9-21-58)55(88)74-23-12-16-43(74)52(85)70-41(26-35-27-62-31-66-35)51(84)67-39(15-11-22-63-57(60)61)50(83)71-42(56(89)90)25-34-17-19-36(78)20-18-34;3-2(4,5)1(6)7/h17-20,27,31-33,37-43,46-47,76-77H,7-16,21-26,28-30,58-59H2,1-6H3,(H15-,60,61,62,63,64,65,66,67,68,69,70,71,72,73,78,79,80,81,82,83,84,85,86,87,89,90);(H,6,7)/t33-,37+,38+,39+,40+,41+,42+,43+,46+,47+;/m1./s1. The molecule has 1 aliphatic heterocycles. The zero-order valence-corrected chi connectivity index (χ0v) is 55.1. The number of halogens is 3. The number of nitrogens with one attached hydrogen (secondary N) is 10. The Morgan fingerprint density at radius 2 is 1.28 bits per heavy atom. The molecule has 3 rings (SSSR count). The van der Waals surface area contributed by atoms with E-state index in [0.29, 0.717) is 54.4 Å². The molecule has 0 saturated carbocycles. The van der Waals surface area contributed by atoms with E-state index in [1.165, 1.54) is 48.6 Å². The number of amides is 10. The van der Waals surface area contributed by atoms with Gasteiger partial charge in [0.05, 0.1) is 71.8 Å². The maximum absolute atomic E-state index is 14.8. The number of hydrogen-bond donors (Lipinski definition) is 18. The zero-order chi connectivity index (χ0) is 73.3. The highest BCUT2D eigenvalue weighted by molar-refractivity contribution is 5.98. The number of carbonyl (C=O) groups is 12. The van der Waals surface area contributed by atoms with Crippen molar-refractivity contribution < 1.29 is 101 Å². The highest BCUT2D eigenvalue weighted by Crippen LogP contribution is 2.22. The number of nitrogens with zero attached hydrogens (tertiary/aromatic N) is 4. The van der Waals surface area contributed by atoms with Crippen molar-refractivity contribution in [3.05, 3.63) is 48.0 Å². The topological polar surface area (TPSA) is 565 Å². The summed E-state index contributed by atoms with van der Waals surface area (Å²) in [6.07, 6.45) is -1.63. The SMILES string of the molecule is CC(C)[C@H](NC(=O)CNC(=O)CNC(=O)[C@@H](NC(=O)[C@@H](N)CO)[C@@H](C)O)C(=O)N[C@@H](CCCC[N+](C)(C)C)C(=O)N[C@@H](CCCCN)C(=O)N1CCC[C@H]1C(=O)N[C@@H](Cc1cnc[nH]1)C(=O)N[C@@H](CCCN=C(N)N)C(=O)N[C@@H](Cc1ccc(O)cc1)C(=O)[O-].O=C(O)C(F)(F)F. The molecule has 0 aliphatic carbocycles. The number of benzene rings is 1. The number of guanidine groups is 1. The summed E-state index contributed by atoms with van der Waals surface area (Å²) in [7, 11) is 5.97. The summed E-state index contributed by atoms with van der Waals surface area (Å²) in [5.74, 6) is -13.5. The second-order valence-corrected chi connectivity index (χ2v) is 24.3. The number of rotatable bonds is 40. The van der Waals surface area contributed by atoms with Crippen molar-refractivity contribution in [3.8, 4) is 5.75 Å². The fourth-order valence-corrected chi connectivity index (χ4v) is 9.49. The van der Waals surface area contributed by atoms with Crippen LogP contribution in [-0.2, 0) is 70.4 Å². The fraction of sp³-hybridized carbons (Fsp3) is 0.627. The Bertz CT molecular complexity index is 2950. The quantitative estimate of drug-likeness (QED) is 0.0128. The number of carboxylic acids is 2. The van der Waals surface area contributed by atoms with Crippen molar-refractivity contribution in [2.24, 2.45) is 33.8 Å². The maximum Gasteiger partial charge on any atom is 0.490 e. The lowest BCUT2D eigenvalue weighted by Gasteiger charge is -2.31. The lowest BCUT2D eigenvalue weighted by Crippen LogP contribution is -2.60. The second-order valence-electron chi connectivity index (χ2n) is 24.3. The largest absolute Gasteiger partial charge is 0.548 e. The molecule has 22 N–H and O–H groups in total. The van der Waals surface area contributed by atoms with Gasteiger partial charge in [-0.25, -0.2) is 9.78 Å². The number of aromatic nitrogens is 2. The Morgan fingerprint density at radius 3 is 1.81 bits per heavy atom. The third-order valence-corrected chi connectivity index (χ3v) is 14.7. The zero-order valence-electron chi connectivity index (χ0n) is 55.1. The van der Waals surface area contributed by atoms with Crippen LogP contribution in [0, 0.1) is 5.92 Å². The minimum atomic E-state index is -5.08. The molecule has 2 aromatic rings. The van der Waals surface area contributed by atoms with Crippen LogP contribution in [0.3, 0.4) is 0 Å². The predicted octanol–water partition coefficient (Wildman–Crippen LogP) is -6.68. The van der Waals surface area contributed by atoms with Gasteiger partial charge in [0.2, 0.25) is 59.1 Å². The number of aromatic amines is 1. The lowest BCUT2D eigenvalue weighted by molar-refractivity contribution is -0.870. The molecule has 97 heavy (non-hydrogen) atoms. The monoisotopic (exact) mass is 1380 g/mol. The number of carbonyl (C=O) groups excluding carboxylic acids is 11. The number of aliphatic hydroxyl groups is 2. The number of phenols is 1. The van der Waals surface area contributed by atoms with Crippen LogP contribution in [0.1, 0.15) is 96.2 Å². The van der Waals surface area contributed by atoms with E-state index in [2.05, 4.69) is 62.8 Å². The average molecular weight is 1390 g/mol. The van der Waals surface area contributed by atoms with Crippen molar-refractivity contribution in [3.63, 3.8) is 0 Å². The Balaban J connectivity index is 0.00000432. The van der Waals surface area contributed by atoms with Crippen LogP contribution in [0.2, 0.25) is 0 Å². The molecule has 1 aromatic carbocycles. The van der Waals surface area contributed by atoms with Gasteiger partial charge in [-0.3, -0.25) is 52.9 Å². The molecule has 1 fully saturated rings. The Morgan fingerprint density at radius 1 is 0.722 bits per heavy atom. The van der Waals surface area contributed by atoms with Crippen LogP contribution in [0.4, 0.5) is 13.2 Å². The lowest BCUT2D eigenvalue weighted by atomic mass is 10.0. The molecule has 0 radical (unpaired) electrons. The molecule has 544 valence electrons. The van der Waals surface area contributed by atoms with Crippen LogP contribution in [0.15, 0.2) is 41.8 Å². The number of aromatic hydroxyl groups is 1. The van der Waals surface area contributed by atoms with Crippen molar-refractivity contribution >= 4 is 77.0 Å². The summed E-state index contributed by atoms with van der Waals surface area (Å²) in [6, 6.07) is -6.65. The van der Waals surface area contributed by atoms with Crippen molar-refractivity contribution in [1.82, 2.24) is 62.7 Å². The van der Waals surface area contributed by atoms with Crippen LogP contribution in [-0.4, -0.2) is 250 Å². The van der Waals surface area contributed by atoms with Gasteiger partial charge in [-0.2, -0.15) is 13.2 Å². The van der Waals surface area contributed by atoms with E-state index in [0.717, 1.165) is 0 Å². The first-order valence-electron chi connectivity index (χ1n) is 31.2. The van der Waals surface area contributed by atoms with Gasteiger partial charge < -0.3 is 115 Å². The number of aliphatic hydroxyl groups excluding tert-OH is 2. The molecule has 1 saturated heterocycles. The fourth-order valence-electron chi connectivity index (χ4n) is 9.49. The molecule has 10 atom stereocenters. The molecule has 0 spiro atoms. The number of phenolic OH excluding ortho intramolecular Hbond substituents is 1. The van der Waals surface area contributed by atoms with E-state index < -0.39 is 163 Å². The van der Waals surface area contributed by atoms with Crippen molar-refractivity contribution in [2.45, 2.75) is 164 Å². The first-order chi connectivity index (χ1) is 45.4. The average Bonchev–Trinajstić information content (AvgIpc) is 1.75. The number of hydrogen-bond acceptors (Lipinski definition) is 20. The number of unbranched alkanes of at least 4 members (excludes halogenated alkanes) is 2. The van der Waals surface area contributed by atoms with Gasteiger partial charge in [0.25, 0.3) is 0 Å². The molecule has 10 amide bonds. The van der Waals surface area contributed by atoms with Crippen LogP contribution >= 0.6 is 0 Å². The number of aliphatic imine (C=N–C) groups is 1. The van der Waals surface area contributed by atoms with Gasteiger partial charge in [-0.1, -0.05) is 26.0 Å². The van der Waals surface area contributed by atoms with E-state index in [9.17, 15) is 81.2 Å². The van der Waals surface area contributed by atoms with E-state index in [4.69, 9.17) is 37.9 Å². The number of nitrogens with two attached hydrogens (primary N) is 4. The van der Waals surface area contributed by atoms with Crippen molar-refractivity contribution in [1.29, 1.82) is 0 Å². The molecule has 2 heterocycles. The minimum Gasteiger partial charge on any atom is -0.548 e. The number of imidazole rings is 1. The van der Waals surface area contributed by atoms with Gasteiger partial charge in [-0.05, 0) is 108 Å². The molecule has 1 aromatic heterocycles. The normalized spacial score (nSPS) is 15.7. The molecule has 0 bridgehead atoms. The van der Waals surface area contributed by atoms with E-state index >= 15 is 0 Å². The summed E-state index contributed by atoms with van der Waals surface area (Å²) in [5, 5.41) is 71.0. The first kappa shape index (κ1) is 83.8. The molecule has 38 heteroatoms. The van der Waals surface area contributed by atoms with Gasteiger partial charge >= 0.3 is 12.1 Å². The Labute approximate surface area is 558 Å². The Hall–Kier alpha value is -9.27. The number of alkyl halides is 3. The minimum absolute atomic E-state index is 0.0285. The second kappa shape index (κ2) is 41.6. The summed E-state index contributed by atoms with van der Waals surface area (Å²) in [5.41, 5.74) is 23.2. The van der Waals surface area contributed by atoms with E-state index in [-0.39, 0.29) is 76.3 Å². The number of H-pyrrole nitrogens is 1. The van der Waals surface area contributed by atoms with Crippen LogP contribution < -0.4 is 75.9 Å². The van der Waals surface area contributed by atoms with Gasteiger partial charge in [0.15, 0.2) is 5.96 Å². The predicted molar refractivity (Wildman–Crippen MR) is 338 cm³/mol. The van der Waals surface area contributed by atoms with Gasteiger partial charge in [0, 0.05) is 31.4 Å². The molecular formula is C59H95F3N18O17. The number of likely N-dealkylation sites (tertiary alicyclic amines) is 1. The maximum atomic E-state index is 14.8. The molecular weight excluding hydrogens is 1290 g/mol. The number of carboxylic acid groups (broad SMARTS) is 2. The van der Waals surface area contributed by atoms with Gasteiger partial charge in [-0.15, -0.1) is 0 Å². The molecule has 1 aliphatic rings. The summed E-state index contributed by atoms with van der Waals surface area (Å²) in [4.78, 5) is 170. The van der Waals surface area contributed by atoms with Crippen molar-refractivity contribution in [2.75, 3.05) is 67.0 Å². The first-order valence-corrected chi connectivity index (χ1v) is 31.2. The summed E-state index contributed by atoms with van der Waals surface area (Å²) < 4.78 is 32.3. The van der Waals surface area contributed by atoms with E-state index in [1.807, 2.05) is 21.1 Å².